The molecule has 0 saturated heterocycles. The van der Waals surface area contributed by atoms with Crippen LogP contribution in [0, 0.1) is 0 Å². The summed E-state index contributed by atoms with van der Waals surface area (Å²) in [5.74, 6) is 0. The fourth-order valence-electron chi connectivity index (χ4n) is 2.85. The van der Waals surface area contributed by atoms with Crippen LogP contribution in [0.2, 0.25) is 0 Å². The molecule has 20 heavy (non-hydrogen) atoms. The number of anilines is 2. The van der Waals surface area contributed by atoms with Gasteiger partial charge in [-0.2, -0.15) is 0 Å². The molecule has 0 spiro atoms. The maximum atomic E-state index is 4.50. The van der Waals surface area contributed by atoms with Gasteiger partial charge >= 0.3 is 0 Å². The molecule has 3 heteroatoms. The molecule has 104 valence electrons. The number of aryl methyl sites for hydroxylation is 1. The minimum absolute atomic E-state index is 0.881. The molecule has 0 radical (unpaired) electrons. The summed E-state index contributed by atoms with van der Waals surface area (Å²) in [5.41, 5.74) is 5.09. The number of hydrogen-bond acceptors (Lipinski definition) is 3. The van der Waals surface area contributed by atoms with Gasteiger partial charge in [-0.1, -0.05) is 18.2 Å². The maximum absolute atomic E-state index is 4.50. The molecular weight excluding hydrogens is 246 g/mol. The second-order valence-corrected chi connectivity index (χ2v) is 5.29. The lowest BCUT2D eigenvalue weighted by molar-refractivity contribution is 0.708. The fraction of sp³-hybridized carbons (Fsp3) is 0.353. The average Bonchev–Trinajstić information content (AvgIpc) is 2.70. The van der Waals surface area contributed by atoms with E-state index in [1.165, 1.54) is 30.5 Å². The lowest BCUT2D eigenvalue weighted by Crippen LogP contribution is -2.24. The zero-order chi connectivity index (χ0) is 13.8. The number of benzene rings is 1. The second-order valence-electron chi connectivity index (χ2n) is 5.29. The quantitative estimate of drug-likeness (QED) is 0.923. The summed E-state index contributed by atoms with van der Waals surface area (Å²) in [4.78, 5) is 6.97. The van der Waals surface area contributed by atoms with Crippen LogP contribution in [0.4, 0.5) is 11.4 Å². The van der Waals surface area contributed by atoms with Gasteiger partial charge in [-0.3, -0.25) is 4.98 Å². The summed E-state index contributed by atoms with van der Waals surface area (Å²) in [7, 11) is 1.94. The van der Waals surface area contributed by atoms with Gasteiger partial charge in [0.2, 0.25) is 0 Å². The van der Waals surface area contributed by atoms with Crippen molar-refractivity contribution in [2.75, 3.05) is 23.8 Å². The zero-order valence-corrected chi connectivity index (χ0v) is 12.0. The molecule has 0 atom stereocenters. The van der Waals surface area contributed by atoms with Gasteiger partial charge in [0.1, 0.15) is 0 Å². The van der Waals surface area contributed by atoms with Gasteiger partial charge < -0.3 is 10.2 Å². The highest BCUT2D eigenvalue weighted by Gasteiger charge is 2.15. The molecule has 1 aliphatic heterocycles. The normalized spacial score (nSPS) is 14.6. The number of hydrogen-bond donors (Lipinski definition) is 1. The minimum atomic E-state index is 0.881. The number of nitrogens with zero attached hydrogens (tertiary/aromatic N) is 2. The number of aromatic nitrogens is 1. The first-order valence-electron chi connectivity index (χ1n) is 7.32. The van der Waals surface area contributed by atoms with Crippen LogP contribution in [-0.4, -0.2) is 18.6 Å². The third kappa shape index (κ3) is 2.77. The predicted molar refractivity (Wildman–Crippen MR) is 84.2 cm³/mol. The van der Waals surface area contributed by atoms with Crippen molar-refractivity contribution in [2.45, 2.75) is 25.8 Å². The Labute approximate surface area is 120 Å². The molecule has 1 N–H and O–H groups in total. The summed E-state index contributed by atoms with van der Waals surface area (Å²) in [6, 6.07) is 12.9. The monoisotopic (exact) mass is 267 g/mol. The molecule has 0 bridgehead atoms. The molecule has 3 rings (SSSR count). The number of nitrogens with one attached hydrogen (secondary N) is 1. The maximum Gasteiger partial charge on any atom is 0.0617 e. The van der Waals surface area contributed by atoms with Gasteiger partial charge in [0, 0.05) is 31.2 Å². The summed E-state index contributed by atoms with van der Waals surface area (Å²) in [5, 5.41) is 3.18. The van der Waals surface area contributed by atoms with Gasteiger partial charge in [0.15, 0.2) is 0 Å². The van der Waals surface area contributed by atoms with E-state index in [-0.39, 0.29) is 0 Å². The van der Waals surface area contributed by atoms with Gasteiger partial charge in [-0.15, -0.1) is 0 Å². The molecule has 1 aromatic carbocycles. The first-order chi connectivity index (χ1) is 9.86. The number of para-hydroxylation sites is 1. The highest BCUT2D eigenvalue weighted by molar-refractivity contribution is 5.55. The summed E-state index contributed by atoms with van der Waals surface area (Å²) >= 11 is 0. The summed E-state index contributed by atoms with van der Waals surface area (Å²) in [6.45, 7) is 2.00. The average molecular weight is 267 g/mol. The third-order valence-corrected chi connectivity index (χ3v) is 3.91. The Kier molecular flexibility index (Phi) is 3.86. The van der Waals surface area contributed by atoms with E-state index in [0.717, 1.165) is 24.5 Å². The van der Waals surface area contributed by atoms with Crippen LogP contribution in [0.3, 0.4) is 0 Å². The van der Waals surface area contributed by atoms with E-state index in [1.807, 2.05) is 19.3 Å². The molecule has 2 aromatic rings. The highest BCUT2D eigenvalue weighted by atomic mass is 15.1. The predicted octanol–water partition coefficient (Wildman–Crippen LogP) is 3.47. The van der Waals surface area contributed by atoms with Crippen molar-refractivity contribution >= 4 is 11.4 Å². The Morgan fingerprint density at radius 1 is 1.20 bits per heavy atom. The molecule has 0 fully saturated rings. The van der Waals surface area contributed by atoms with E-state index in [2.05, 4.69) is 45.5 Å². The topological polar surface area (TPSA) is 28.2 Å². The second kappa shape index (κ2) is 5.95. The summed E-state index contributed by atoms with van der Waals surface area (Å²) < 4.78 is 0. The molecule has 0 saturated carbocycles. The Bertz CT molecular complexity index is 580. The van der Waals surface area contributed by atoms with E-state index in [4.69, 9.17) is 0 Å². The van der Waals surface area contributed by atoms with Crippen molar-refractivity contribution in [3.8, 4) is 0 Å². The van der Waals surface area contributed by atoms with Crippen molar-refractivity contribution in [1.29, 1.82) is 0 Å². The lowest BCUT2D eigenvalue weighted by Gasteiger charge is -2.24. The Morgan fingerprint density at radius 3 is 3.00 bits per heavy atom. The van der Waals surface area contributed by atoms with E-state index in [9.17, 15) is 0 Å². The van der Waals surface area contributed by atoms with Gasteiger partial charge in [-0.25, -0.2) is 0 Å². The van der Waals surface area contributed by atoms with Crippen molar-refractivity contribution in [1.82, 2.24) is 4.98 Å². The van der Waals surface area contributed by atoms with E-state index < -0.39 is 0 Å². The largest absolute Gasteiger partial charge is 0.388 e. The van der Waals surface area contributed by atoms with Crippen LogP contribution in [0.5, 0.6) is 0 Å². The standard InChI is InChI=1S/C17H21N3/c1-18-15-9-10-19-16(12-15)13-20-11-5-4-7-14-6-2-3-8-17(14)20/h2-3,6,8-10,12H,4-5,7,11,13H2,1H3,(H,18,19). The Hall–Kier alpha value is -2.03. The smallest absolute Gasteiger partial charge is 0.0617 e. The minimum Gasteiger partial charge on any atom is -0.388 e. The van der Waals surface area contributed by atoms with Crippen LogP contribution in [-0.2, 0) is 13.0 Å². The van der Waals surface area contributed by atoms with Crippen molar-refractivity contribution in [3.63, 3.8) is 0 Å². The Morgan fingerprint density at radius 2 is 2.10 bits per heavy atom. The van der Waals surface area contributed by atoms with E-state index in [1.54, 1.807) is 0 Å². The van der Waals surface area contributed by atoms with Crippen molar-refractivity contribution in [3.05, 3.63) is 53.9 Å². The first-order valence-corrected chi connectivity index (χ1v) is 7.32. The first kappa shape index (κ1) is 13.0. The van der Waals surface area contributed by atoms with Crippen LogP contribution in [0.25, 0.3) is 0 Å². The van der Waals surface area contributed by atoms with E-state index in [0.29, 0.717) is 0 Å². The van der Waals surface area contributed by atoms with E-state index >= 15 is 0 Å². The van der Waals surface area contributed by atoms with Gasteiger partial charge in [-0.05, 0) is 43.0 Å². The number of rotatable bonds is 3. The Balaban J connectivity index is 1.86. The van der Waals surface area contributed by atoms with Crippen LogP contribution in [0.1, 0.15) is 24.1 Å². The molecule has 2 heterocycles. The molecule has 1 aliphatic rings. The van der Waals surface area contributed by atoms with Crippen LogP contribution in [0.15, 0.2) is 42.6 Å². The van der Waals surface area contributed by atoms with Gasteiger partial charge in [0.25, 0.3) is 0 Å². The summed E-state index contributed by atoms with van der Waals surface area (Å²) in [6.07, 6.45) is 5.60. The lowest BCUT2D eigenvalue weighted by atomic mass is 10.1. The number of fused-ring (bicyclic) bond motifs is 1. The zero-order valence-electron chi connectivity index (χ0n) is 12.0. The molecule has 0 aliphatic carbocycles. The number of pyridine rings is 1. The molecule has 3 nitrogen and oxygen atoms in total. The fourth-order valence-corrected chi connectivity index (χ4v) is 2.85. The van der Waals surface area contributed by atoms with Gasteiger partial charge in [0.05, 0.1) is 12.2 Å². The molecule has 0 amide bonds. The van der Waals surface area contributed by atoms with Crippen molar-refractivity contribution in [2.24, 2.45) is 0 Å². The van der Waals surface area contributed by atoms with Crippen molar-refractivity contribution < 1.29 is 0 Å². The molecular formula is C17H21N3. The SMILES string of the molecule is CNc1ccnc(CN2CCCCc3ccccc32)c1. The molecule has 1 aromatic heterocycles. The highest BCUT2D eigenvalue weighted by Crippen LogP contribution is 2.27. The molecule has 0 unspecified atom stereocenters. The van der Waals surface area contributed by atoms with Crippen LogP contribution < -0.4 is 10.2 Å². The third-order valence-electron chi connectivity index (χ3n) is 3.91. The van der Waals surface area contributed by atoms with Crippen LogP contribution >= 0.6 is 0 Å².